The van der Waals surface area contributed by atoms with Gasteiger partial charge in [0.1, 0.15) is 5.75 Å². The standard InChI is InChI=1S/C21H20Br2N2O2S/c1-4-13(3)25-20(27)18(11-14-9-16(22)19(26)17(23)10-14)28-21(25)24-15-7-5-12(2)6-8-15/h5-11,13,26H,4H2,1-3H3/b18-11+,24-21?/t13-/m0/s1. The summed E-state index contributed by atoms with van der Waals surface area (Å²) in [6.07, 6.45) is 2.66. The number of thioether (sulfide) groups is 1. The lowest BCUT2D eigenvalue weighted by molar-refractivity contribution is -0.123. The van der Waals surface area contributed by atoms with Crippen molar-refractivity contribution in [2.45, 2.75) is 33.2 Å². The molecule has 0 aliphatic carbocycles. The number of aryl methyl sites for hydroxylation is 1. The van der Waals surface area contributed by atoms with Gasteiger partial charge >= 0.3 is 0 Å². The normalized spacial score (nSPS) is 18.3. The lowest BCUT2D eigenvalue weighted by atomic mass is 10.2. The number of aliphatic imine (C=N–C) groups is 1. The number of nitrogens with zero attached hydrogens (tertiary/aromatic N) is 2. The Labute approximate surface area is 186 Å². The molecule has 28 heavy (non-hydrogen) atoms. The van der Waals surface area contributed by atoms with E-state index in [0.29, 0.717) is 19.0 Å². The maximum Gasteiger partial charge on any atom is 0.266 e. The smallest absolute Gasteiger partial charge is 0.266 e. The first-order valence-electron chi connectivity index (χ1n) is 8.86. The second-order valence-corrected chi connectivity index (χ2v) is 9.32. The highest BCUT2D eigenvalue weighted by molar-refractivity contribution is 9.11. The van der Waals surface area contributed by atoms with Crippen molar-refractivity contribution in [2.24, 2.45) is 4.99 Å². The van der Waals surface area contributed by atoms with Gasteiger partial charge in [0, 0.05) is 6.04 Å². The van der Waals surface area contributed by atoms with Crippen molar-refractivity contribution in [3.8, 4) is 5.75 Å². The van der Waals surface area contributed by atoms with Crippen LogP contribution in [0, 0.1) is 6.92 Å². The fourth-order valence-corrected chi connectivity index (χ4v) is 5.00. The molecular weight excluding hydrogens is 504 g/mol. The first-order chi connectivity index (χ1) is 13.3. The van der Waals surface area contributed by atoms with Crippen LogP contribution in [0.4, 0.5) is 5.69 Å². The molecule has 0 radical (unpaired) electrons. The highest BCUT2D eigenvalue weighted by Gasteiger charge is 2.36. The van der Waals surface area contributed by atoms with Gasteiger partial charge in [-0.15, -0.1) is 0 Å². The van der Waals surface area contributed by atoms with Crippen LogP contribution in [0.25, 0.3) is 6.08 Å². The van der Waals surface area contributed by atoms with Crippen LogP contribution >= 0.6 is 43.6 Å². The molecule has 0 aromatic heterocycles. The molecule has 1 aliphatic heterocycles. The number of rotatable bonds is 4. The van der Waals surface area contributed by atoms with E-state index in [1.807, 2.05) is 44.2 Å². The van der Waals surface area contributed by atoms with Crippen LogP contribution in [-0.2, 0) is 4.79 Å². The molecule has 2 aromatic carbocycles. The van der Waals surface area contributed by atoms with E-state index in [4.69, 9.17) is 4.99 Å². The van der Waals surface area contributed by atoms with Crippen molar-refractivity contribution < 1.29 is 9.90 Å². The van der Waals surface area contributed by atoms with Crippen LogP contribution in [0.3, 0.4) is 0 Å². The van der Waals surface area contributed by atoms with E-state index in [2.05, 4.69) is 38.8 Å². The molecular formula is C21H20Br2N2O2S. The van der Waals surface area contributed by atoms with Gasteiger partial charge in [-0.1, -0.05) is 24.6 Å². The van der Waals surface area contributed by atoms with E-state index in [-0.39, 0.29) is 17.7 Å². The van der Waals surface area contributed by atoms with E-state index in [0.717, 1.165) is 17.7 Å². The van der Waals surface area contributed by atoms with Gasteiger partial charge in [-0.05, 0) is 99.8 Å². The van der Waals surface area contributed by atoms with Gasteiger partial charge in [0.2, 0.25) is 0 Å². The molecule has 0 spiro atoms. The minimum absolute atomic E-state index is 0.0494. The van der Waals surface area contributed by atoms with Gasteiger partial charge in [0.25, 0.3) is 5.91 Å². The number of hydrogen-bond acceptors (Lipinski definition) is 4. The molecule has 7 heteroatoms. The fourth-order valence-electron chi connectivity index (χ4n) is 2.69. The van der Waals surface area contributed by atoms with Gasteiger partial charge in [0.15, 0.2) is 5.17 Å². The zero-order valence-electron chi connectivity index (χ0n) is 15.7. The van der Waals surface area contributed by atoms with Crippen molar-refractivity contribution in [2.75, 3.05) is 0 Å². The van der Waals surface area contributed by atoms with Crippen LogP contribution in [0.1, 0.15) is 31.4 Å². The van der Waals surface area contributed by atoms with Crippen LogP contribution in [-0.4, -0.2) is 27.1 Å². The molecule has 1 aliphatic rings. The number of phenols is 1. The Morgan fingerprint density at radius 2 is 1.82 bits per heavy atom. The van der Waals surface area contributed by atoms with Crippen molar-refractivity contribution in [3.05, 3.63) is 61.4 Å². The Balaban J connectivity index is 2.00. The molecule has 0 unspecified atom stereocenters. The predicted molar refractivity (Wildman–Crippen MR) is 124 cm³/mol. The molecule has 1 heterocycles. The number of amidine groups is 1. The Kier molecular flexibility index (Phi) is 6.68. The maximum atomic E-state index is 13.1. The van der Waals surface area contributed by atoms with Gasteiger partial charge < -0.3 is 5.11 Å². The first kappa shape index (κ1) is 21.1. The Bertz CT molecular complexity index is 948. The monoisotopic (exact) mass is 522 g/mol. The molecule has 0 bridgehead atoms. The van der Waals surface area contributed by atoms with Crippen LogP contribution in [0.5, 0.6) is 5.75 Å². The largest absolute Gasteiger partial charge is 0.506 e. The van der Waals surface area contributed by atoms with Crippen molar-refractivity contribution in [3.63, 3.8) is 0 Å². The Hall–Kier alpha value is -1.57. The second kappa shape index (κ2) is 8.84. The number of benzene rings is 2. The molecule has 146 valence electrons. The van der Waals surface area contributed by atoms with E-state index in [1.165, 1.54) is 17.3 Å². The zero-order chi connectivity index (χ0) is 20.4. The molecule has 2 aromatic rings. The summed E-state index contributed by atoms with van der Waals surface area (Å²) in [6.45, 7) is 6.12. The van der Waals surface area contributed by atoms with E-state index in [1.54, 1.807) is 17.0 Å². The predicted octanol–water partition coefficient (Wildman–Crippen LogP) is 6.63. The molecule has 1 amide bonds. The number of halogens is 2. The number of carbonyl (C=O) groups excluding carboxylic acids is 1. The van der Waals surface area contributed by atoms with Gasteiger partial charge in [0.05, 0.1) is 19.5 Å². The number of carbonyl (C=O) groups is 1. The molecule has 1 saturated heterocycles. The quantitative estimate of drug-likeness (QED) is 0.457. The molecule has 1 atom stereocenters. The minimum Gasteiger partial charge on any atom is -0.506 e. The number of phenolic OH excluding ortho intramolecular Hbond substituents is 1. The van der Waals surface area contributed by atoms with E-state index < -0.39 is 0 Å². The molecule has 4 nitrogen and oxygen atoms in total. The lowest BCUT2D eigenvalue weighted by Crippen LogP contribution is -2.36. The molecule has 1 fully saturated rings. The molecule has 1 N–H and O–H groups in total. The Morgan fingerprint density at radius 3 is 2.39 bits per heavy atom. The number of amides is 1. The average Bonchev–Trinajstić information content (AvgIpc) is 2.96. The Morgan fingerprint density at radius 1 is 1.21 bits per heavy atom. The molecule has 0 saturated carbocycles. The summed E-state index contributed by atoms with van der Waals surface area (Å²) in [5.74, 6) is 0.0842. The topological polar surface area (TPSA) is 52.9 Å². The maximum absolute atomic E-state index is 13.1. The van der Waals surface area contributed by atoms with E-state index >= 15 is 0 Å². The fraction of sp³-hybridized carbons (Fsp3) is 0.238. The SMILES string of the molecule is CC[C@H](C)N1C(=O)/C(=C\c2cc(Br)c(O)c(Br)c2)SC1=Nc1ccc(C)cc1. The third kappa shape index (κ3) is 4.53. The van der Waals surface area contributed by atoms with Crippen molar-refractivity contribution in [1.29, 1.82) is 0 Å². The average molecular weight is 524 g/mol. The van der Waals surface area contributed by atoms with Crippen LogP contribution in [0.2, 0.25) is 0 Å². The number of hydrogen-bond donors (Lipinski definition) is 1. The van der Waals surface area contributed by atoms with E-state index in [9.17, 15) is 9.90 Å². The summed E-state index contributed by atoms with van der Waals surface area (Å²) < 4.78 is 1.13. The third-order valence-electron chi connectivity index (χ3n) is 4.46. The van der Waals surface area contributed by atoms with Crippen LogP contribution < -0.4 is 0 Å². The first-order valence-corrected chi connectivity index (χ1v) is 11.3. The van der Waals surface area contributed by atoms with Crippen molar-refractivity contribution in [1.82, 2.24) is 4.90 Å². The van der Waals surface area contributed by atoms with Gasteiger partial charge in [-0.3, -0.25) is 9.69 Å². The minimum atomic E-state index is -0.0504. The summed E-state index contributed by atoms with van der Waals surface area (Å²) in [7, 11) is 0. The van der Waals surface area contributed by atoms with Crippen molar-refractivity contribution >= 4 is 66.5 Å². The summed E-state index contributed by atoms with van der Waals surface area (Å²) in [5.41, 5.74) is 2.81. The van der Waals surface area contributed by atoms with Crippen LogP contribution in [0.15, 0.2) is 55.2 Å². The van der Waals surface area contributed by atoms with Gasteiger partial charge in [-0.25, -0.2) is 4.99 Å². The highest BCUT2D eigenvalue weighted by Crippen LogP contribution is 2.38. The highest BCUT2D eigenvalue weighted by atomic mass is 79.9. The summed E-state index contributed by atoms with van der Waals surface area (Å²) in [4.78, 5) is 20.2. The summed E-state index contributed by atoms with van der Waals surface area (Å²) >= 11 is 8.04. The summed E-state index contributed by atoms with van der Waals surface area (Å²) in [5, 5.41) is 10.6. The lowest BCUT2D eigenvalue weighted by Gasteiger charge is -2.22. The molecule has 3 rings (SSSR count). The van der Waals surface area contributed by atoms with Gasteiger partial charge in [-0.2, -0.15) is 0 Å². The third-order valence-corrected chi connectivity index (χ3v) is 6.66. The summed E-state index contributed by atoms with van der Waals surface area (Å²) in [6, 6.07) is 11.5. The second-order valence-electron chi connectivity index (χ2n) is 6.61. The zero-order valence-corrected chi connectivity index (χ0v) is 19.7. The number of aromatic hydroxyl groups is 1.